The maximum atomic E-state index is 12.0. The number of hydrogen-bond acceptors (Lipinski definition) is 0. The summed E-state index contributed by atoms with van der Waals surface area (Å²) in [6.45, 7) is 2.48. The fraction of sp³-hybridized carbons (Fsp3) is 0.600. The first kappa shape index (κ1) is 8.33. The summed E-state index contributed by atoms with van der Waals surface area (Å²) in [5.74, 6) is -2.64. The second-order valence-corrected chi connectivity index (χ2v) is 2.69. The quantitative estimate of drug-likeness (QED) is 0.609. The van der Waals surface area contributed by atoms with Crippen LogP contribution in [0.5, 0.6) is 0 Å². The van der Waals surface area contributed by atoms with Crippen molar-refractivity contribution >= 4 is 22.6 Å². The van der Waals surface area contributed by atoms with Crippen molar-refractivity contribution in [3.8, 4) is 0 Å². The van der Waals surface area contributed by atoms with Crippen LogP contribution in [0, 0.1) is 0 Å². The van der Waals surface area contributed by atoms with Gasteiger partial charge < -0.3 is 0 Å². The number of allylic oxidation sites excluding steroid dienone is 2. The lowest BCUT2D eigenvalue weighted by molar-refractivity contribution is 0.0751. The van der Waals surface area contributed by atoms with E-state index in [1.165, 1.54) is 6.08 Å². The molecule has 0 saturated heterocycles. The van der Waals surface area contributed by atoms with Gasteiger partial charge >= 0.3 is 0 Å². The van der Waals surface area contributed by atoms with Gasteiger partial charge in [-0.15, -0.1) is 0 Å². The van der Waals surface area contributed by atoms with E-state index < -0.39 is 5.92 Å². The largest absolute Gasteiger partial charge is 0.275 e. The molecule has 0 aromatic heterocycles. The molecule has 8 heavy (non-hydrogen) atoms. The molecule has 0 unspecified atom stereocenters. The monoisotopic (exact) mass is 232 g/mol. The molecule has 0 heterocycles. The molecule has 0 rings (SSSR count). The van der Waals surface area contributed by atoms with E-state index in [0.717, 1.165) is 6.92 Å². The molecule has 0 aromatic rings. The molecule has 0 radical (unpaired) electrons. The van der Waals surface area contributed by atoms with E-state index in [2.05, 4.69) is 0 Å². The summed E-state index contributed by atoms with van der Waals surface area (Å²) in [4.78, 5) is 0. The minimum Gasteiger partial charge on any atom is -0.201 e. The molecule has 0 bridgehead atoms. The second kappa shape index (κ2) is 2.75. The van der Waals surface area contributed by atoms with Crippen molar-refractivity contribution < 1.29 is 8.78 Å². The molecule has 0 aliphatic heterocycles. The zero-order chi connectivity index (χ0) is 6.78. The molecule has 0 aliphatic carbocycles. The Morgan fingerprint density at radius 1 is 1.62 bits per heavy atom. The van der Waals surface area contributed by atoms with Crippen LogP contribution in [-0.2, 0) is 0 Å². The predicted octanol–water partition coefficient (Wildman–Crippen LogP) is 2.98. The summed E-state index contributed by atoms with van der Waals surface area (Å²) in [6.07, 6.45) is 1.40. The van der Waals surface area contributed by atoms with Crippen LogP contribution in [0.4, 0.5) is 8.78 Å². The predicted molar refractivity (Wildman–Crippen MR) is 38.4 cm³/mol. The van der Waals surface area contributed by atoms with Gasteiger partial charge in [-0.1, -0.05) is 6.08 Å². The summed E-state index contributed by atoms with van der Waals surface area (Å²) in [5, 5.41) is 0. The topological polar surface area (TPSA) is 0 Å². The zero-order valence-corrected chi connectivity index (χ0v) is 6.87. The van der Waals surface area contributed by atoms with E-state index in [0.29, 0.717) is 0 Å². The molecule has 0 aromatic carbocycles. The molecule has 0 fully saturated rings. The lowest BCUT2D eigenvalue weighted by Crippen LogP contribution is -2.08. The van der Waals surface area contributed by atoms with Crippen LogP contribution in [0.2, 0.25) is 0 Å². The smallest absolute Gasteiger partial charge is 0.201 e. The summed E-state index contributed by atoms with van der Waals surface area (Å²) in [5.41, 5.74) is 0. The number of rotatable bonds is 1. The lowest BCUT2D eigenvalue weighted by Gasteiger charge is -2.06. The fourth-order valence-corrected chi connectivity index (χ4v) is 0.253. The molecule has 0 atom stereocenters. The average molecular weight is 232 g/mol. The first-order valence-corrected chi connectivity index (χ1v) is 3.26. The summed E-state index contributed by atoms with van der Waals surface area (Å²) < 4.78 is 24.2. The van der Waals surface area contributed by atoms with Crippen molar-refractivity contribution in [3.63, 3.8) is 0 Å². The van der Waals surface area contributed by atoms with Crippen molar-refractivity contribution in [1.29, 1.82) is 0 Å². The van der Waals surface area contributed by atoms with Gasteiger partial charge in [0.25, 0.3) is 5.92 Å². The second-order valence-electron chi connectivity index (χ2n) is 1.52. The first-order valence-electron chi connectivity index (χ1n) is 2.18. The Bertz CT molecular complexity index is 101. The first-order chi connectivity index (χ1) is 3.48. The highest BCUT2D eigenvalue weighted by atomic mass is 127. The van der Waals surface area contributed by atoms with E-state index in [1.54, 1.807) is 29.5 Å². The van der Waals surface area contributed by atoms with Crippen LogP contribution >= 0.6 is 22.6 Å². The van der Waals surface area contributed by atoms with E-state index in [1.807, 2.05) is 0 Å². The average Bonchev–Trinajstić information content (AvgIpc) is 1.62. The molecule has 0 nitrogen and oxygen atoms in total. The Morgan fingerprint density at radius 3 is 2.00 bits per heavy atom. The van der Waals surface area contributed by atoms with E-state index in [-0.39, 0.29) is 3.58 Å². The molecule has 0 amide bonds. The minimum absolute atomic E-state index is 0.0927. The summed E-state index contributed by atoms with van der Waals surface area (Å²) in [6, 6.07) is 0. The van der Waals surface area contributed by atoms with Crippen molar-refractivity contribution in [1.82, 2.24) is 0 Å². The Morgan fingerprint density at radius 2 is 2.00 bits per heavy atom. The summed E-state index contributed by atoms with van der Waals surface area (Å²) >= 11 is 1.62. The molecule has 0 N–H and O–H groups in total. The summed E-state index contributed by atoms with van der Waals surface area (Å²) in [7, 11) is 0. The molecule has 48 valence electrons. The van der Waals surface area contributed by atoms with Gasteiger partial charge in [-0.3, -0.25) is 0 Å². The fourth-order valence-electron chi connectivity index (χ4n) is 0.253. The van der Waals surface area contributed by atoms with E-state index in [9.17, 15) is 8.78 Å². The third-order valence-electron chi connectivity index (χ3n) is 0.673. The highest BCUT2D eigenvalue weighted by Gasteiger charge is 2.23. The number of halogens is 3. The van der Waals surface area contributed by atoms with Gasteiger partial charge in [0, 0.05) is 6.92 Å². The normalized spacial score (nSPS) is 14.4. The molecular formula is C5H7F2I. The Balaban J connectivity index is 4.03. The zero-order valence-electron chi connectivity index (χ0n) is 4.71. The maximum absolute atomic E-state index is 12.0. The van der Waals surface area contributed by atoms with Gasteiger partial charge in [-0.25, -0.2) is 8.78 Å². The van der Waals surface area contributed by atoms with Crippen LogP contribution in [0.25, 0.3) is 0 Å². The van der Waals surface area contributed by atoms with Gasteiger partial charge in [-0.05, 0) is 29.5 Å². The van der Waals surface area contributed by atoms with E-state index >= 15 is 0 Å². The minimum atomic E-state index is -2.64. The van der Waals surface area contributed by atoms with Crippen molar-refractivity contribution in [2.75, 3.05) is 0 Å². The van der Waals surface area contributed by atoms with Crippen LogP contribution in [0.15, 0.2) is 9.66 Å². The van der Waals surface area contributed by atoms with Crippen molar-refractivity contribution in [2.24, 2.45) is 0 Å². The molecule has 0 spiro atoms. The van der Waals surface area contributed by atoms with Crippen LogP contribution in [-0.4, -0.2) is 5.92 Å². The van der Waals surface area contributed by atoms with Gasteiger partial charge in [0.05, 0.1) is 3.58 Å². The molecule has 0 aliphatic rings. The Labute approximate surface area is 61.1 Å². The third-order valence-corrected chi connectivity index (χ3v) is 2.24. The Hall–Kier alpha value is 0.330. The maximum Gasteiger partial charge on any atom is 0.275 e. The SMILES string of the molecule is C/C=C(\I)C(C)(F)F. The standard InChI is InChI=1S/C5H7F2I/c1-3-4(8)5(2,6)7/h3H,1-2H3/b4-3-. The van der Waals surface area contributed by atoms with Gasteiger partial charge in [-0.2, -0.15) is 0 Å². The van der Waals surface area contributed by atoms with Crippen LogP contribution in [0.1, 0.15) is 13.8 Å². The van der Waals surface area contributed by atoms with Gasteiger partial charge in [0.15, 0.2) is 0 Å². The number of hydrogen-bond donors (Lipinski definition) is 0. The highest BCUT2D eigenvalue weighted by molar-refractivity contribution is 14.1. The molecule has 0 saturated carbocycles. The van der Waals surface area contributed by atoms with Gasteiger partial charge in [0.2, 0.25) is 0 Å². The molecular weight excluding hydrogens is 225 g/mol. The van der Waals surface area contributed by atoms with Crippen molar-refractivity contribution in [3.05, 3.63) is 9.66 Å². The third kappa shape index (κ3) is 2.59. The highest BCUT2D eigenvalue weighted by Crippen LogP contribution is 2.27. The van der Waals surface area contributed by atoms with Crippen molar-refractivity contribution in [2.45, 2.75) is 19.8 Å². The molecule has 3 heteroatoms. The van der Waals surface area contributed by atoms with Crippen LogP contribution in [0.3, 0.4) is 0 Å². The number of alkyl halides is 2. The van der Waals surface area contributed by atoms with Gasteiger partial charge in [0.1, 0.15) is 0 Å². The van der Waals surface area contributed by atoms with E-state index in [4.69, 9.17) is 0 Å². The van der Waals surface area contributed by atoms with Crippen LogP contribution < -0.4 is 0 Å². The Kier molecular flexibility index (Phi) is 2.87. The lowest BCUT2D eigenvalue weighted by atomic mass is 10.3.